The first-order valence-electron chi connectivity index (χ1n) is 6.02. The molecule has 1 aromatic heterocycles. The number of nitrogens with zero attached hydrogens (tertiary/aromatic N) is 1. The van der Waals surface area contributed by atoms with Gasteiger partial charge in [0.15, 0.2) is 5.13 Å². The van der Waals surface area contributed by atoms with Crippen molar-refractivity contribution >= 4 is 44.0 Å². The lowest BCUT2D eigenvalue weighted by atomic mass is 9.97. The van der Waals surface area contributed by atoms with Gasteiger partial charge in [-0.25, -0.2) is 4.98 Å². The van der Waals surface area contributed by atoms with Crippen molar-refractivity contribution in [3.8, 4) is 0 Å². The molecular weight excluding hydrogens is 326 g/mol. The summed E-state index contributed by atoms with van der Waals surface area (Å²) in [6, 6.07) is 5.79. The molecule has 98 valence electrons. The maximum absolute atomic E-state index is 12.3. The molecule has 19 heavy (non-hydrogen) atoms. The van der Waals surface area contributed by atoms with Crippen LogP contribution in [0.25, 0.3) is 0 Å². The van der Waals surface area contributed by atoms with Gasteiger partial charge >= 0.3 is 0 Å². The fourth-order valence-electron chi connectivity index (χ4n) is 2.20. The van der Waals surface area contributed by atoms with Gasteiger partial charge in [-0.15, -0.1) is 0 Å². The summed E-state index contributed by atoms with van der Waals surface area (Å²) in [5.74, 6) is -0.0950. The lowest BCUT2D eigenvalue weighted by molar-refractivity contribution is 0.102. The van der Waals surface area contributed by atoms with Gasteiger partial charge in [0.1, 0.15) is 0 Å². The Hall–Kier alpha value is -1.40. The Balaban J connectivity index is 1.87. The molecule has 1 aliphatic rings. The highest BCUT2D eigenvalue weighted by Gasteiger charge is 2.18. The van der Waals surface area contributed by atoms with Crippen LogP contribution in [0.1, 0.15) is 22.3 Å². The van der Waals surface area contributed by atoms with Gasteiger partial charge in [-0.05, 0) is 46.5 Å². The van der Waals surface area contributed by atoms with Crippen LogP contribution in [0.15, 0.2) is 28.2 Å². The van der Waals surface area contributed by atoms with Crippen molar-refractivity contribution in [3.63, 3.8) is 0 Å². The molecule has 0 saturated heterocycles. The monoisotopic (exact) mass is 337 g/mol. The van der Waals surface area contributed by atoms with Crippen LogP contribution in [0.2, 0.25) is 0 Å². The zero-order chi connectivity index (χ0) is 13.2. The summed E-state index contributed by atoms with van der Waals surface area (Å²) >= 11 is 4.74. The molecule has 1 aromatic carbocycles. The van der Waals surface area contributed by atoms with E-state index in [1.807, 2.05) is 18.2 Å². The van der Waals surface area contributed by atoms with Gasteiger partial charge in [0.25, 0.3) is 5.91 Å². The predicted molar refractivity (Wildman–Crippen MR) is 81.0 cm³/mol. The lowest BCUT2D eigenvalue weighted by Crippen LogP contribution is -2.19. The van der Waals surface area contributed by atoms with E-state index in [1.54, 1.807) is 6.20 Å². The van der Waals surface area contributed by atoms with E-state index in [1.165, 1.54) is 11.3 Å². The van der Waals surface area contributed by atoms with Gasteiger partial charge in [-0.1, -0.05) is 17.4 Å². The molecule has 3 rings (SSSR count). The van der Waals surface area contributed by atoms with E-state index >= 15 is 0 Å². The molecule has 0 saturated carbocycles. The van der Waals surface area contributed by atoms with Gasteiger partial charge in [0, 0.05) is 17.8 Å². The van der Waals surface area contributed by atoms with E-state index in [9.17, 15) is 4.79 Å². The molecular formula is C13H12BrN3OS. The molecule has 0 aliphatic carbocycles. The molecule has 0 spiro atoms. The Morgan fingerprint density at radius 2 is 2.37 bits per heavy atom. The predicted octanol–water partition coefficient (Wildman–Crippen LogP) is 3.52. The fraction of sp³-hybridized carbons (Fsp3) is 0.231. The van der Waals surface area contributed by atoms with E-state index < -0.39 is 0 Å². The van der Waals surface area contributed by atoms with E-state index in [0.717, 1.165) is 40.0 Å². The summed E-state index contributed by atoms with van der Waals surface area (Å²) in [4.78, 5) is 16.4. The average molecular weight is 338 g/mol. The second-order valence-electron chi connectivity index (χ2n) is 4.29. The second kappa shape index (κ2) is 5.30. The van der Waals surface area contributed by atoms with Crippen LogP contribution < -0.4 is 10.6 Å². The summed E-state index contributed by atoms with van der Waals surface area (Å²) in [6.07, 6.45) is 3.68. The number of hydrogen-bond donors (Lipinski definition) is 2. The number of carbonyl (C=O) groups excluding carboxylic acids is 1. The van der Waals surface area contributed by atoms with Crippen molar-refractivity contribution in [1.29, 1.82) is 0 Å². The van der Waals surface area contributed by atoms with E-state index in [4.69, 9.17) is 0 Å². The van der Waals surface area contributed by atoms with Gasteiger partial charge in [0.05, 0.1) is 9.98 Å². The molecule has 0 fully saturated rings. The zero-order valence-electron chi connectivity index (χ0n) is 10.1. The van der Waals surface area contributed by atoms with Gasteiger partial charge < -0.3 is 5.32 Å². The minimum absolute atomic E-state index is 0.0950. The third-order valence-electron chi connectivity index (χ3n) is 3.04. The number of benzene rings is 1. The standard InChI is InChI=1S/C13H12BrN3OS/c14-11-7-16-13(19-11)17-12(18)9-3-1-5-10-8(9)4-2-6-15-10/h1,3,5,7,15H,2,4,6H2,(H,16,17,18). The van der Waals surface area contributed by atoms with Gasteiger partial charge in [-0.3, -0.25) is 10.1 Å². The highest BCUT2D eigenvalue weighted by atomic mass is 79.9. The quantitative estimate of drug-likeness (QED) is 0.881. The number of fused-ring (bicyclic) bond motifs is 1. The summed E-state index contributed by atoms with van der Waals surface area (Å²) in [7, 11) is 0. The molecule has 0 radical (unpaired) electrons. The summed E-state index contributed by atoms with van der Waals surface area (Å²) in [5.41, 5.74) is 2.90. The van der Waals surface area contributed by atoms with Crippen molar-refractivity contribution in [3.05, 3.63) is 39.3 Å². The third-order valence-corrected chi connectivity index (χ3v) is 4.43. The topological polar surface area (TPSA) is 54.0 Å². The average Bonchev–Trinajstić information content (AvgIpc) is 2.83. The molecule has 2 heterocycles. The Labute approximate surface area is 123 Å². The van der Waals surface area contributed by atoms with Crippen molar-refractivity contribution in [2.24, 2.45) is 0 Å². The highest BCUT2D eigenvalue weighted by molar-refractivity contribution is 9.11. The molecule has 2 aromatic rings. The maximum atomic E-state index is 12.3. The van der Waals surface area contributed by atoms with Crippen molar-refractivity contribution < 1.29 is 4.79 Å². The van der Waals surface area contributed by atoms with Crippen LogP contribution in [0, 0.1) is 0 Å². The summed E-state index contributed by atoms with van der Waals surface area (Å²) < 4.78 is 0.902. The first-order valence-corrected chi connectivity index (χ1v) is 7.63. The molecule has 6 heteroatoms. The first-order chi connectivity index (χ1) is 9.24. The number of amides is 1. The highest BCUT2D eigenvalue weighted by Crippen LogP contribution is 2.27. The number of anilines is 2. The number of carbonyl (C=O) groups is 1. The molecule has 0 unspecified atom stereocenters. The second-order valence-corrected chi connectivity index (χ2v) is 6.70. The van der Waals surface area contributed by atoms with E-state index in [-0.39, 0.29) is 5.91 Å². The number of rotatable bonds is 2. The Bertz CT molecular complexity index is 626. The molecule has 0 bridgehead atoms. The third kappa shape index (κ3) is 2.64. The lowest BCUT2D eigenvalue weighted by Gasteiger charge is -2.20. The maximum Gasteiger partial charge on any atom is 0.257 e. The van der Waals surface area contributed by atoms with Crippen LogP contribution in [-0.4, -0.2) is 17.4 Å². The smallest absolute Gasteiger partial charge is 0.257 e. The van der Waals surface area contributed by atoms with Gasteiger partial charge in [0.2, 0.25) is 0 Å². The summed E-state index contributed by atoms with van der Waals surface area (Å²) in [5, 5.41) is 6.77. The normalized spacial score (nSPS) is 13.5. The summed E-state index contributed by atoms with van der Waals surface area (Å²) in [6.45, 7) is 0.970. The van der Waals surface area contributed by atoms with Crippen LogP contribution in [0.3, 0.4) is 0 Å². The fourth-order valence-corrected chi connectivity index (χ4v) is 3.30. The first kappa shape index (κ1) is 12.6. The SMILES string of the molecule is O=C(Nc1ncc(Br)s1)c1cccc2c1CCCN2. The van der Waals surface area contributed by atoms with Crippen LogP contribution in [-0.2, 0) is 6.42 Å². The van der Waals surface area contributed by atoms with Crippen LogP contribution >= 0.6 is 27.3 Å². The number of thiazole rings is 1. The molecule has 1 aliphatic heterocycles. The number of nitrogens with one attached hydrogen (secondary N) is 2. The minimum atomic E-state index is -0.0950. The zero-order valence-corrected chi connectivity index (χ0v) is 12.5. The van der Waals surface area contributed by atoms with E-state index in [2.05, 4.69) is 31.5 Å². The molecule has 2 N–H and O–H groups in total. The number of halogens is 1. The number of aromatic nitrogens is 1. The molecule has 0 atom stereocenters. The molecule has 4 nitrogen and oxygen atoms in total. The Morgan fingerprint density at radius 3 is 3.16 bits per heavy atom. The van der Waals surface area contributed by atoms with Crippen molar-refractivity contribution in [2.75, 3.05) is 17.2 Å². The number of hydrogen-bond acceptors (Lipinski definition) is 4. The minimum Gasteiger partial charge on any atom is -0.385 e. The Kier molecular flexibility index (Phi) is 3.52. The van der Waals surface area contributed by atoms with Crippen molar-refractivity contribution in [2.45, 2.75) is 12.8 Å². The van der Waals surface area contributed by atoms with E-state index in [0.29, 0.717) is 5.13 Å². The van der Waals surface area contributed by atoms with Gasteiger partial charge in [-0.2, -0.15) is 0 Å². The van der Waals surface area contributed by atoms with Crippen LogP contribution in [0.4, 0.5) is 10.8 Å². The van der Waals surface area contributed by atoms with Crippen LogP contribution in [0.5, 0.6) is 0 Å². The van der Waals surface area contributed by atoms with Crippen molar-refractivity contribution in [1.82, 2.24) is 4.98 Å². The largest absolute Gasteiger partial charge is 0.385 e. The Morgan fingerprint density at radius 1 is 1.47 bits per heavy atom. The molecule has 1 amide bonds.